The Balaban J connectivity index is 0.00000200. The van der Waals surface area contributed by atoms with E-state index in [4.69, 9.17) is 5.73 Å². The van der Waals surface area contributed by atoms with E-state index < -0.39 is 0 Å². The summed E-state index contributed by atoms with van der Waals surface area (Å²) in [4.78, 5) is 16.1. The minimum atomic E-state index is 0. The molecule has 7 heteroatoms. The summed E-state index contributed by atoms with van der Waals surface area (Å²) in [5, 5.41) is 3.11. The Kier molecular flexibility index (Phi) is 10.9. The summed E-state index contributed by atoms with van der Waals surface area (Å²) in [6.45, 7) is 0.673. The van der Waals surface area contributed by atoms with Crippen LogP contribution in [0.15, 0.2) is 24.4 Å². The van der Waals surface area contributed by atoms with Crippen molar-refractivity contribution in [2.75, 3.05) is 12.3 Å². The lowest BCUT2D eigenvalue weighted by molar-refractivity contribution is -0.119. The molecule has 1 heterocycles. The normalized spacial score (nSPS) is 20.2. The molecule has 21 heavy (non-hydrogen) atoms. The maximum absolute atomic E-state index is 11.9. The van der Waals surface area contributed by atoms with Crippen LogP contribution in [-0.2, 0) is 10.5 Å². The highest BCUT2D eigenvalue weighted by Gasteiger charge is 2.26. The molecule has 0 saturated heterocycles. The average molecular weight is 352 g/mol. The second-order valence-electron chi connectivity index (χ2n) is 4.91. The first-order valence-electron chi connectivity index (χ1n) is 6.76. The standard InChI is InChI=1S/C14H21N3OS.2ClH/c15-8-11-4-3-6-13(11)17-14(18)10-19-9-12-5-1-2-7-16-12;;/h1-2,5,7,11,13H,3-4,6,8-10,15H2,(H,17,18);2*1H. The molecule has 0 radical (unpaired) electrons. The van der Waals surface area contributed by atoms with Crippen molar-refractivity contribution in [1.82, 2.24) is 10.3 Å². The van der Waals surface area contributed by atoms with Gasteiger partial charge in [0.15, 0.2) is 0 Å². The molecule has 1 saturated carbocycles. The van der Waals surface area contributed by atoms with Crippen LogP contribution in [0.1, 0.15) is 25.0 Å². The summed E-state index contributed by atoms with van der Waals surface area (Å²) in [5.74, 6) is 1.85. The smallest absolute Gasteiger partial charge is 0.230 e. The van der Waals surface area contributed by atoms with Crippen LogP contribution in [0, 0.1) is 5.92 Å². The van der Waals surface area contributed by atoms with Crippen molar-refractivity contribution >= 4 is 42.5 Å². The zero-order valence-electron chi connectivity index (χ0n) is 11.9. The van der Waals surface area contributed by atoms with E-state index in [2.05, 4.69) is 10.3 Å². The lowest BCUT2D eigenvalue weighted by Crippen LogP contribution is -2.40. The Morgan fingerprint density at radius 1 is 1.38 bits per heavy atom. The molecule has 1 fully saturated rings. The molecule has 1 aliphatic carbocycles. The van der Waals surface area contributed by atoms with Gasteiger partial charge in [0.1, 0.15) is 0 Å². The topological polar surface area (TPSA) is 68.0 Å². The van der Waals surface area contributed by atoms with Crippen molar-refractivity contribution in [2.45, 2.75) is 31.1 Å². The number of amides is 1. The second kappa shape index (κ2) is 11.1. The van der Waals surface area contributed by atoms with Crippen LogP contribution >= 0.6 is 36.6 Å². The number of nitrogens with one attached hydrogen (secondary N) is 1. The van der Waals surface area contributed by atoms with Gasteiger partial charge in [-0.15, -0.1) is 36.6 Å². The number of pyridine rings is 1. The fourth-order valence-corrected chi connectivity index (χ4v) is 3.24. The zero-order chi connectivity index (χ0) is 13.5. The Morgan fingerprint density at radius 3 is 2.86 bits per heavy atom. The van der Waals surface area contributed by atoms with Crippen molar-refractivity contribution in [3.8, 4) is 0 Å². The minimum absolute atomic E-state index is 0. The number of rotatable bonds is 6. The van der Waals surface area contributed by atoms with Crippen molar-refractivity contribution < 1.29 is 4.79 Å². The number of hydrogen-bond acceptors (Lipinski definition) is 4. The Hall–Kier alpha value is -0.490. The molecule has 0 spiro atoms. The largest absolute Gasteiger partial charge is 0.352 e. The monoisotopic (exact) mass is 351 g/mol. The van der Waals surface area contributed by atoms with Crippen LogP contribution in [0.5, 0.6) is 0 Å². The van der Waals surface area contributed by atoms with Gasteiger partial charge in [-0.2, -0.15) is 0 Å². The maximum Gasteiger partial charge on any atom is 0.230 e. The predicted octanol–water partition coefficient (Wildman–Crippen LogP) is 2.40. The van der Waals surface area contributed by atoms with E-state index in [1.807, 2.05) is 18.2 Å². The predicted molar refractivity (Wildman–Crippen MR) is 93.2 cm³/mol. The van der Waals surface area contributed by atoms with Gasteiger partial charge in [-0.1, -0.05) is 12.5 Å². The molecular formula is C14H23Cl2N3OS. The van der Waals surface area contributed by atoms with Gasteiger partial charge < -0.3 is 11.1 Å². The molecule has 1 aromatic rings. The summed E-state index contributed by atoms with van der Waals surface area (Å²) < 4.78 is 0. The SMILES string of the molecule is Cl.Cl.NCC1CCCC1NC(=O)CSCc1ccccn1. The number of carbonyl (C=O) groups excluding carboxylic acids is 1. The Labute approximate surface area is 142 Å². The number of nitrogens with two attached hydrogens (primary N) is 1. The highest BCUT2D eigenvalue weighted by molar-refractivity contribution is 7.99. The molecule has 0 bridgehead atoms. The van der Waals surface area contributed by atoms with E-state index in [0.29, 0.717) is 18.2 Å². The average Bonchev–Trinajstić information content (AvgIpc) is 2.87. The lowest BCUT2D eigenvalue weighted by atomic mass is 10.0. The third kappa shape index (κ3) is 6.87. The van der Waals surface area contributed by atoms with E-state index in [0.717, 1.165) is 24.3 Å². The first-order valence-corrected chi connectivity index (χ1v) is 7.92. The lowest BCUT2D eigenvalue weighted by Gasteiger charge is -2.19. The molecule has 1 amide bonds. The number of hydrogen-bond donors (Lipinski definition) is 2. The van der Waals surface area contributed by atoms with Gasteiger partial charge in [-0.25, -0.2) is 0 Å². The summed E-state index contributed by atoms with van der Waals surface area (Å²) in [6, 6.07) is 6.13. The van der Waals surface area contributed by atoms with Gasteiger partial charge in [0.25, 0.3) is 0 Å². The number of nitrogens with zero attached hydrogens (tertiary/aromatic N) is 1. The quantitative estimate of drug-likeness (QED) is 0.825. The number of thioether (sulfide) groups is 1. The fourth-order valence-electron chi connectivity index (χ4n) is 2.49. The van der Waals surface area contributed by atoms with Crippen LogP contribution in [0.4, 0.5) is 0 Å². The first-order chi connectivity index (χ1) is 9.29. The fraction of sp³-hybridized carbons (Fsp3) is 0.571. The maximum atomic E-state index is 11.9. The third-order valence-corrected chi connectivity index (χ3v) is 4.48. The molecule has 1 aliphatic rings. The van der Waals surface area contributed by atoms with Crippen molar-refractivity contribution in [1.29, 1.82) is 0 Å². The third-order valence-electron chi connectivity index (χ3n) is 3.52. The van der Waals surface area contributed by atoms with E-state index in [-0.39, 0.29) is 36.8 Å². The molecule has 3 N–H and O–H groups in total. The molecule has 0 aromatic carbocycles. The molecule has 2 unspecified atom stereocenters. The number of halogens is 2. The Morgan fingerprint density at radius 2 is 2.19 bits per heavy atom. The van der Waals surface area contributed by atoms with Crippen LogP contribution in [0.3, 0.4) is 0 Å². The van der Waals surface area contributed by atoms with Gasteiger partial charge in [-0.3, -0.25) is 9.78 Å². The molecule has 2 rings (SSSR count). The van der Waals surface area contributed by atoms with E-state index in [1.54, 1.807) is 18.0 Å². The summed E-state index contributed by atoms with van der Waals surface area (Å²) in [5.41, 5.74) is 6.73. The van der Waals surface area contributed by atoms with Crippen LogP contribution in [-0.4, -0.2) is 29.2 Å². The zero-order valence-corrected chi connectivity index (χ0v) is 14.3. The van der Waals surface area contributed by atoms with Crippen LogP contribution < -0.4 is 11.1 Å². The molecular weight excluding hydrogens is 329 g/mol. The van der Waals surface area contributed by atoms with Crippen LogP contribution in [0.25, 0.3) is 0 Å². The summed E-state index contributed by atoms with van der Waals surface area (Å²) in [7, 11) is 0. The number of carbonyl (C=O) groups is 1. The molecule has 1 aromatic heterocycles. The van der Waals surface area contributed by atoms with E-state index >= 15 is 0 Å². The van der Waals surface area contributed by atoms with Crippen LogP contribution in [0.2, 0.25) is 0 Å². The minimum Gasteiger partial charge on any atom is -0.352 e. The second-order valence-corrected chi connectivity index (χ2v) is 5.90. The highest BCUT2D eigenvalue weighted by Crippen LogP contribution is 2.24. The number of aromatic nitrogens is 1. The first kappa shape index (κ1) is 20.5. The van der Waals surface area contributed by atoms with Crippen molar-refractivity contribution in [3.05, 3.63) is 30.1 Å². The molecule has 120 valence electrons. The molecule has 4 nitrogen and oxygen atoms in total. The Bertz CT molecular complexity index is 408. The summed E-state index contributed by atoms with van der Waals surface area (Å²) in [6.07, 6.45) is 5.16. The van der Waals surface area contributed by atoms with Gasteiger partial charge in [0, 0.05) is 18.0 Å². The van der Waals surface area contributed by atoms with Gasteiger partial charge in [0.2, 0.25) is 5.91 Å². The van der Waals surface area contributed by atoms with Gasteiger partial charge in [0.05, 0.1) is 11.4 Å². The molecule has 2 atom stereocenters. The molecule has 0 aliphatic heterocycles. The van der Waals surface area contributed by atoms with E-state index in [1.165, 1.54) is 6.42 Å². The van der Waals surface area contributed by atoms with Gasteiger partial charge in [-0.05, 0) is 37.4 Å². The van der Waals surface area contributed by atoms with Gasteiger partial charge >= 0.3 is 0 Å². The highest BCUT2D eigenvalue weighted by atomic mass is 35.5. The summed E-state index contributed by atoms with van der Waals surface area (Å²) >= 11 is 1.60. The van der Waals surface area contributed by atoms with Crippen molar-refractivity contribution in [2.24, 2.45) is 11.7 Å². The van der Waals surface area contributed by atoms with E-state index in [9.17, 15) is 4.79 Å². The van der Waals surface area contributed by atoms with Crippen molar-refractivity contribution in [3.63, 3.8) is 0 Å².